The molecule has 0 aliphatic carbocycles. The number of ether oxygens (including phenoxy) is 2. The monoisotopic (exact) mass is 816 g/mol. The van der Waals surface area contributed by atoms with E-state index >= 15 is 0 Å². The number of rotatable bonds is 11. The smallest absolute Gasteiger partial charge is 0.131 e. The highest BCUT2D eigenvalue weighted by Gasteiger charge is 2.13. The molecule has 9 heteroatoms. The minimum atomic E-state index is 0.636. The van der Waals surface area contributed by atoms with Gasteiger partial charge in [0.25, 0.3) is 0 Å². The van der Waals surface area contributed by atoms with Crippen molar-refractivity contribution in [2.45, 2.75) is 5.33 Å². The normalized spacial score (nSPS) is 10.9. The van der Waals surface area contributed by atoms with E-state index in [0.717, 1.165) is 73.4 Å². The Kier molecular flexibility index (Phi) is 10.5. The van der Waals surface area contributed by atoms with Crippen molar-refractivity contribution in [3.8, 4) is 90.8 Å². The van der Waals surface area contributed by atoms with Crippen molar-refractivity contribution >= 4 is 15.9 Å². The molecule has 0 atom stereocenters. The maximum Gasteiger partial charge on any atom is 0.131 e. The zero-order valence-electron chi connectivity index (χ0n) is 31.0. The summed E-state index contributed by atoms with van der Waals surface area (Å²) in [5, 5.41) is 0.636. The van der Waals surface area contributed by atoms with Gasteiger partial charge in [0.2, 0.25) is 0 Å². The highest BCUT2D eigenvalue weighted by atomic mass is 79.9. The van der Waals surface area contributed by atoms with Crippen molar-refractivity contribution < 1.29 is 9.47 Å². The molecular weight excluding hydrogens is 784 g/mol. The Morgan fingerprint density at radius 1 is 0.328 bits per heavy atom. The molecule has 9 aromatic rings. The van der Waals surface area contributed by atoms with Gasteiger partial charge in [0.05, 0.1) is 45.6 Å². The van der Waals surface area contributed by atoms with Crippen LogP contribution in [-0.4, -0.2) is 29.9 Å². The van der Waals surface area contributed by atoms with Gasteiger partial charge in [-0.15, -0.1) is 0 Å². The molecular formula is C49H33BrN6O2. The number of nitrogens with zero attached hydrogens (tertiary/aromatic N) is 6. The lowest BCUT2D eigenvalue weighted by molar-refractivity contribution is 0.459. The molecule has 8 nitrogen and oxygen atoms in total. The van der Waals surface area contributed by atoms with Gasteiger partial charge in [0.15, 0.2) is 0 Å². The van der Waals surface area contributed by atoms with Crippen LogP contribution >= 0.6 is 15.9 Å². The number of hydrogen-bond donors (Lipinski definition) is 0. The quantitative estimate of drug-likeness (QED) is 0.119. The Bertz CT molecular complexity index is 2490. The third-order valence-electron chi connectivity index (χ3n) is 9.30. The van der Waals surface area contributed by atoms with E-state index < -0.39 is 0 Å². The van der Waals surface area contributed by atoms with Crippen LogP contribution in [0.3, 0.4) is 0 Å². The van der Waals surface area contributed by atoms with E-state index in [0.29, 0.717) is 28.3 Å². The average Bonchev–Trinajstić information content (AvgIpc) is 3.30. The zero-order chi connectivity index (χ0) is 39.1. The van der Waals surface area contributed by atoms with Crippen LogP contribution in [0.5, 0.6) is 23.0 Å². The second kappa shape index (κ2) is 16.8. The molecule has 6 aromatic heterocycles. The molecule has 3 aromatic carbocycles. The molecule has 0 unspecified atom stereocenters. The Balaban J connectivity index is 0.948. The van der Waals surface area contributed by atoms with Crippen molar-refractivity contribution in [1.29, 1.82) is 0 Å². The minimum Gasteiger partial charge on any atom is -0.457 e. The summed E-state index contributed by atoms with van der Waals surface area (Å²) in [7, 11) is 0. The summed E-state index contributed by atoms with van der Waals surface area (Å²) >= 11 is 3.62. The maximum atomic E-state index is 6.40. The predicted molar refractivity (Wildman–Crippen MR) is 231 cm³/mol. The van der Waals surface area contributed by atoms with Crippen molar-refractivity contribution in [3.63, 3.8) is 0 Å². The van der Waals surface area contributed by atoms with Crippen molar-refractivity contribution in [2.24, 2.45) is 0 Å². The Morgan fingerprint density at radius 2 is 0.672 bits per heavy atom. The number of halogens is 1. The van der Waals surface area contributed by atoms with Crippen molar-refractivity contribution in [3.05, 3.63) is 194 Å². The molecule has 0 aliphatic heterocycles. The second-order valence-corrected chi connectivity index (χ2v) is 13.9. The van der Waals surface area contributed by atoms with Crippen molar-refractivity contribution in [1.82, 2.24) is 29.9 Å². The molecule has 0 spiro atoms. The third kappa shape index (κ3) is 8.40. The van der Waals surface area contributed by atoms with Gasteiger partial charge in [-0.25, -0.2) is 9.97 Å². The summed E-state index contributed by atoms with van der Waals surface area (Å²) in [4.78, 5) is 28.0. The first-order valence-corrected chi connectivity index (χ1v) is 19.7. The first kappa shape index (κ1) is 36.3. The van der Waals surface area contributed by atoms with E-state index in [1.165, 1.54) is 0 Å². The molecule has 0 saturated heterocycles. The summed E-state index contributed by atoms with van der Waals surface area (Å²) < 4.78 is 12.8. The van der Waals surface area contributed by atoms with Crippen LogP contribution in [0.15, 0.2) is 189 Å². The summed E-state index contributed by atoms with van der Waals surface area (Å²) in [6.45, 7) is 0. The maximum absolute atomic E-state index is 6.40. The lowest BCUT2D eigenvalue weighted by atomic mass is 10.0. The zero-order valence-corrected chi connectivity index (χ0v) is 32.6. The fourth-order valence-corrected chi connectivity index (χ4v) is 6.83. The average molecular weight is 818 g/mol. The first-order chi connectivity index (χ1) is 28.6. The van der Waals surface area contributed by atoms with E-state index in [9.17, 15) is 0 Å². The Hall–Kier alpha value is -7.36. The van der Waals surface area contributed by atoms with Crippen molar-refractivity contribution in [2.75, 3.05) is 0 Å². The molecule has 0 N–H and O–H groups in total. The summed E-state index contributed by atoms with van der Waals surface area (Å²) in [6, 6.07) is 53.4. The number of aromatic nitrogens is 6. The molecule has 0 aliphatic rings. The summed E-state index contributed by atoms with van der Waals surface area (Å²) in [6.07, 6.45) is 7.10. The molecule has 9 rings (SSSR count). The highest BCUT2D eigenvalue weighted by molar-refractivity contribution is 9.08. The van der Waals surface area contributed by atoms with Crippen LogP contribution in [0.1, 0.15) is 5.56 Å². The van der Waals surface area contributed by atoms with E-state index in [1.807, 2.05) is 140 Å². The van der Waals surface area contributed by atoms with Crippen LogP contribution in [0, 0.1) is 0 Å². The lowest BCUT2D eigenvalue weighted by Crippen LogP contribution is -1.94. The Labute approximate surface area is 344 Å². The molecule has 278 valence electrons. The molecule has 0 fully saturated rings. The number of hydrogen-bond acceptors (Lipinski definition) is 8. The van der Waals surface area contributed by atoms with Gasteiger partial charge in [-0.05, 0) is 137 Å². The third-order valence-corrected chi connectivity index (χ3v) is 9.95. The van der Waals surface area contributed by atoms with Crippen LogP contribution in [0.25, 0.3) is 67.8 Å². The van der Waals surface area contributed by atoms with Gasteiger partial charge >= 0.3 is 0 Å². The molecule has 0 amide bonds. The van der Waals surface area contributed by atoms with E-state index in [2.05, 4.69) is 60.1 Å². The lowest BCUT2D eigenvalue weighted by Gasteiger charge is -2.13. The second-order valence-electron chi connectivity index (χ2n) is 13.3. The van der Waals surface area contributed by atoms with E-state index in [4.69, 9.17) is 19.4 Å². The highest BCUT2D eigenvalue weighted by Crippen LogP contribution is 2.35. The topological polar surface area (TPSA) is 95.8 Å². The summed E-state index contributed by atoms with van der Waals surface area (Å²) in [5.74, 6) is 2.72. The van der Waals surface area contributed by atoms with Crippen LogP contribution in [0.4, 0.5) is 0 Å². The molecule has 0 bridgehead atoms. The first-order valence-electron chi connectivity index (χ1n) is 18.6. The van der Waals surface area contributed by atoms with E-state index in [-0.39, 0.29) is 0 Å². The molecule has 0 saturated carbocycles. The Morgan fingerprint density at radius 3 is 0.966 bits per heavy atom. The largest absolute Gasteiger partial charge is 0.457 e. The fourth-order valence-electron chi connectivity index (χ4n) is 6.51. The molecule has 0 radical (unpaired) electrons. The number of pyridine rings is 6. The van der Waals surface area contributed by atoms with E-state index in [1.54, 1.807) is 24.8 Å². The molecule has 6 heterocycles. The number of alkyl halides is 1. The number of benzene rings is 3. The van der Waals surface area contributed by atoms with Gasteiger partial charge < -0.3 is 9.47 Å². The fraction of sp³-hybridized carbons (Fsp3) is 0.0204. The van der Waals surface area contributed by atoms with Gasteiger partial charge in [-0.2, -0.15) is 0 Å². The van der Waals surface area contributed by atoms with Crippen LogP contribution in [-0.2, 0) is 5.33 Å². The standard InChI is InChI=1S/C49H33BrN6O2/c50-32-33-25-40(57-38-17-13-34(14-18-38)36-27-46(42-9-1-5-21-51-42)55-47(28-36)43-10-2-6-22-52-43)31-41(26-33)58-39-19-15-35(16-20-39)37-29-48(44-11-3-7-23-53-44)56-49(30-37)45-12-4-8-24-54-45/h1-31H,32H2. The van der Waals surface area contributed by atoms with Gasteiger partial charge in [-0.1, -0.05) is 64.5 Å². The van der Waals surface area contributed by atoms with Gasteiger partial charge in [0, 0.05) is 36.2 Å². The minimum absolute atomic E-state index is 0.636. The van der Waals surface area contributed by atoms with Crippen LogP contribution in [0.2, 0.25) is 0 Å². The van der Waals surface area contributed by atoms with Gasteiger partial charge in [-0.3, -0.25) is 19.9 Å². The molecule has 58 heavy (non-hydrogen) atoms. The SMILES string of the molecule is BrCc1cc(Oc2ccc(-c3cc(-c4ccccn4)nc(-c4ccccn4)c3)cc2)cc(Oc2ccc(-c3cc(-c4ccccn4)nc(-c4ccccn4)c3)cc2)c1. The summed E-state index contributed by atoms with van der Waals surface area (Å²) in [5.41, 5.74) is 11.3. The van der Waals surface area contributed by atoms with Gasteiger partial charge in [0.1, 0.15) is 23.0 Å². The predicted octanol–water partition coefficient (Wildman–Crippen LogP) is 12.5. The van der Waals surface area contributed by atoms with Crippen LogP contribution < -0.4 is 9.47 Å².